The number of fused-ring (bicyclic) bond motifs is 2. The average Bonchev–Trinajstić information content (AvgIpc) is 2.78. The monoisotopic (exact) mass is 250 g/mol. The second kappa shape index (κ2) is 4.73. The van der Waals surface area contributed by atoms with Crippen LogP contribution < -0.4 is 0 Å². The number of hydrogen-bond acceptors (Lipinski definition) is 2. The molecule has 0 unspecified atom stereocenters. The Hall–Kier alpha value is -2.35. The first-order valence-corrected chi connectivity index (χ1v) is 6.37. The van der Waals surface area contributed by atoms with Crippen molar-refractivity contribution >= 4 is 16.7 Å². The highest BCUT2D eigenvalue weighted by atomic mass is 16.5. The maximum absolute atomic E-state index is 11.8. The lowest BCUT2D eigenvalue weighted by molar-refractivity contribution is 0.0526. The third-order valence-corrected chi connectivity index (χ3v) is 3.24. The summed E-state index contributed by atoms with van der Waals surface area (Å²) in [6, 6.07) is 18.1. The number of ether oxygens (including phenoxy) is 1. The molecule has 0 amide bonds. The van der Waals surface area contributed by atoms with Crippen LogP contribution in [-0.2, 0) is 4.74 Å². The number of carbonyl (C=O) groups excluding carboxylic acids is 1. The third kappa shape index (κ3) is 2.17. The van der Waals surface area contributed by atoms with Gasteiger partial charge in [-0.3, -0.25) is 0 Å². The van der Waals surface area contributed by atoms with Crippen LogP contribution in [-0.4, -0.2) is 12.6 Å². The van der Waals surface area contributed by atoms with Crippen molar-refractivity contribution in [2.24, 2.45) is 0 Å². The zero-order valence-corrected chi connectivity index (χ0v) is 10.7. The van der Waals surface area contributed by atoms with Gasteiger partial charge < -0.3 is 4.74 Å². The normalized spacial score (nSPS) is 10.8. The maximum atomic E-state index is 11.8. The summed E-state index contributed by atoms with van der Waals surface area (Å²) in [4.78, 5) is 11.8. The van der Waals surface area contributed by atoms with Crippen molar-refractivity contribution in [2.75, 3.05) is 6.61 Å². The summed E-state index contributed by atoms with van der Waals surface area (Å²) >= 11 is 0. The Morgan fingerprint density at radius 1 is 0.947 bits per heavy atom. The predicted molar refractivity (Wildman–Crippen MR) is 76.5 cm³/mol. The molecular weight excluding hydrogens is 236 g/mol. The van der Waals surface area contributed by atoms with E-state index in [1.54, 1.807) is 0 Å². The quantitative estimate of drug-likeness (QED) is 0.639. The molecule has 0 bridgehead atoms. The van der Waals surface area contributed by atoms with Gasteiger partial charge in [0.05, 0.1) is 12.2 Å². The van der Waals surface area contributed by atoms with Crippen LogP contribution in [0.4, 0.5) is 0 Å². The van der Waals surface area contributed by atoms with Crippen LogP contribution in [0.25, 0.3) is 21.9 Å². The van der Waals surface area contributed by atoms with Crippen LogP contribution in [0.15, 0.2) is 54.6 Å². The Bertz CT molecular complexity index is 716. The highest BCUT2D eigenvalue weighted by Gasteiger charge is 2.07. The van der Waals surface area contributed by atoms with Gasteiger partial charge in [0.15, 0.2) is 0 Å². The Labute approximate surface area is 112 Å². The minimum absolute atomic E-state index is 0.269. The van der Waals surface area contributed by atoms with Crippen LogP contribution in [0.5, 0.6) is 0 Å². The molecule has 0 radical (unpaired) electrons. The summed E-state index contributed by atoms with van der Waals surface area (Å²) < 4.78 is 5.03. The predicted octanol–water partition coefficient (Wildman–Crippen LogP) is 4.12. The first kappa shape index (κ1) is 11.7. The van der Waals surface area contributed by atoms with Gasteiger partial charge in [-0.2, -0.15) is 0 Å². The van der Waals surface area contributed by atoms with Gasteiger partial charge in [-0.1, -0.05) is 36.4 Å². The summed E-state index contributed by atoms with van der Waals surface area (Å²) in [5.74, 6) is -0.269. The van der Waals surface area contributed by atoms with E-state index < -0.39 is 0 Å². The van der Waals surface area contributed by atoms with E-state index in [1.807, 2.05) is 31.2 Å². The lowest BCUT2D eigenvalue weighted by Crippen LogP contribution is -2.03. The topological polar surface area (TPSA) is 26.3 Å². The Kier molecular flexibility index (Phi) is 2.92. The molecule has 1 aromatic carbocycles. The molecule has 0 aliphatic heterocycles. The standard InChI is InChI=1S/C17H14O2/c1-2-19-17(18)15-9-8-13-7-6-12-4-3-5-14(12)10-16(13)11-15/h3-11H,2H2,1H3. The number of carbonyl (C=O) groups is 1. The van der Waals surface area contributed by atoms with Gasteiger partial charge in [0.1, 0.15) is 0 Å². The summed E-state index contributed by atoms with van der Waals surface area (Å²) in [5, 5.41) is 2.16. The summed E-state index contributed by atoms with van der Waals surface area (Å²) in [6.45, 7) is 2.21. The summed E-state index contributed by atoms with van der Waals surface area (Å²) in [7, 11) is 0. The largest absolute Gasteiger partial charge is 0.462 e. The Balaban J connectivity index is 2.16. The molecular formula is C17H14O2. The molecule has 19 heavy (non-hydrogen) atoms. The van der Waals surface area contributed by atoms with E-state index in [-0.39, 0.29) is 5.97 Å². The van der Waals surface area contributed by atoms with Crippen LogP contribution in [0.1, 0.15) is 17.3 Å². The van der Waals surface area contributed by atoms with E-state index in [9.17, 15) is 4.79 Å². The second-order valence-corrected chi connectivity index (χ2v) is 4.48. The lowest BCUT2D eigenvalue weighted by atomic mass is 10.1. The fourth-order valence-electron chi connectivity index (χ4n) is 2.27. The molecule has 94 valence electrons. The van der Waals surface area contributed by atoms with Crippen LogP contribution >= 0.6 is 0 Å². The molecule has 0 saturated carbocycles. The van der Waals surface area contributed by atoms with Gasteiger partial charge in [-0.15, -0.1) is 0 Å². The summed E-state index contributed by atoms with van der Waals surface area (Å²) in [6.07, 6.45) is 0. The minimum atomic E-state index is -0.269. The third-order valence-electron chi connectivity index (χ3n) is 3.24. The zero-order valence-electron chi connectivity index (χ0n) is 10.7. The first-order valence-electron chi connectivity index (χ1n) is 6.37. The molecule has 3 rings (SSSR count). The minimum Gasteiger partial charge on any atom is -0.462 e. The molecule has 2 aliphatic carbocycles. The van der Waals surface area contributed by atoms with E-state index in [2.05, 4.69) is 30.3 Å². The molecule has 0 spiro atoms. The summed E-state index contributed by atoms with van der Waals surface area (Å²) in [5.41, 5.74) is 2.98. The van der Waals surface area contributed by atoms with Gasteiger partial charge in [-0.05, 0) is 47.0 Å². The first-order chi connectivity index (χ1) is 9.28. The number of rotatable bonds is 2. The van der Waals surface area contributed by atoms with Crippen molar-refractivity contribution in [2.45, 2.75) is 6.92 Å². The molecule has 2 nitrogen and oxygen atoms in total. The van der Waals surface area contributed by atoms with Gasteiger partial charge in [0, 0.05) is 0 Å². The number of esters is 1. The highest BCUT2D eigenvalue weighted by molar-refractivity contribution is 5.96. The number of hydrogen-bond donors (Lipinski definition) is 0. The smallest absolute Gasteiger partial charge is 0.338 e. The molecule has 0 atom stereocenters. The van der Waals surface area contributed by atoms with Crippen molar-refractivity contribution in [1.29, 1.82) is 0 Å². The van der Waals surface area contributed by atoms with Gasteiger partial charge in [0.2, 0.25) is 0 Å². The molecule has 0 heterocycles. The Morgan fingerprint density at radius 3 is 2.58 bits per heavy atom. The molecule has 1 aromatic rings. The van der Waals surface area contributed by atoms with E-state index in [1.165, 1.54) is 11.1 Å². The number of benzene rings is 1. The maximum Gasteiger partial charge on any atom is 0.338 e. The van der Waals surface area contributed by atoms with E-state index in [4.69, 9.17) is 4.74 Å². The fraction of sp³-hybridized carbons (Fsp3) is 0.118. The van der Waals surface area contributed by atoms with Gasteiger partial charge in [0.25, 0.3) is 0 Å². The van der Waals surface area contributed by atoms with Crippen LogP contribution in [0.3, 0.4) is 0 Å². The molecule has 0 fully saturated rings. The molecule has 0 aromatic heterocycles. The van der Waals surface area contributed by atoms with E-state index in [0.717, 1.165) is 10.8 Å². The molecule has 2 aliphatic rings. The fourth-order valence-corrected chi connectivity index (χ4v) is 2.27. The zero-order chi connectivity index (χ0) is 13.2. The van der Waals surface area contributed by atoms with Crippen molar-refractivity contribution < 1.29 is 9.53 Å². The Morgan fingerprint density at radius 2 is 1.74 bits per heavy atom. The van der Waals surface area contributed by atoms with Crippen LogP contribution in [0, 0.1) is 0 Å². The van der Waals surface area contributed by atoms with Crippen LogP contribution in [0.2, 0.25) is 0 Å². The molecule has 0 N–H and O–H groups in total. The average molecular weight is 250 g/mol. The lowest BCUT2D eigenvalue weighted by Gasteiger charge is -2.02. The van der Waals surface area contributed by atoms with Crippen molar-refractivity contribution in [3.63, 3.8) is 0 Å². The SMILES string of the molecule is CCOC(=O)c1ccc2ccc3cccc-3cc2c1. The molecule has 0 saturated heterocycles. The van der Waals surface area contributed by atoms with Gasteiger partial charge in [-0.25, -0.2) is 4.79 Å². The highest BCUT2D eigenvalue weighted by Crippen LogP contribution is 2.26. The van der Waals surface area contributed by atoms with E-state index >= 15 is 0 Å². The van der Waals surface area contributed by atoms with Crippen molar-refractivity contribution in [3.05, 3.63) is 60.2 Å². The second-order valence-electron chi connectivity index (χ2n) is 4.48. The van der Waals surface area contributed by atoms with Crippen molar-refractivity contribution in [1.82, 2.24) is 0 Å². The van der Waals surface area contributed by atoms with Gasteiger partial charge >= 0.3 is 5.97 Å². The van der Waals surface area contributed by atoms with E-state index in [0.29, 0.717) is 12.2 Å². The van der Waals surface area contributed by atoms with Crippen molar-refractivity contribution in [3.8, 4) is 11.1 Å². The molecule has 2 heteroatoms.